The molecule has 1 aliphatic rings. The molecule has 1 aromatic carbocycles. The van der Waals surface area contributed by atoms with E-state index < -0.39 is 0 Å². The largest absolute Gasteiger partial charge is 0.459 e. The van der Waals surface area contributed by atoms with E-state index in [1.807, 2.05) is 30.3 Å². The van der Waals surface area contributed by atoms with Gasteiger partial charge >= 0.3 is 0 Å². The lowest BCUT2D eigenvalue weighted by Crippen LogP contribution is -2.50. The van der Waals surface area contributed by atoms with E-state index in [9.17, 15) is 9.59 Å². The zero-order chi connectivity index (χ0) is 18.6. The second kappa shape index (κ2) is 7.49. The number of nitrogens with zero attached hydrogens (tertiary/aromatic N) is 3. The van der Waals surface area contributed by atoms with Crippen molar-refractivity contribution in [2.75, 3.05) is 26.2 Å². The van der Waals surface area contributed by atoms with E-state index in [2.05, 4.69) is 5.16 Å². The van der Waals surface area contributed by atoms with Crippen molar-refractivity contribution in [3.63, 3.8) is 0 Å². The van der Waals surface area contributed by atoms with Crippen LogP contribution in [-0.4, -0.2) is 52.9 Å². The van der Waals surface area contributed by atoms with E-state index in [0.717, 1.165) is 5.56 Å². The summed E-state index contributed by atoms with van der Waals surface area (Å²) in [6, 6.07) is 14.8. The molecule has 0 aliphatic carbocycles. The molecule has 1 aliphatic heterocycles. The van der Waals surface area contributed by atoms with Gasteiger partial charge in [0, 0.05) is 37.8 Å². The first-order chi connectivity index (χ1) is 13.2. The average molecular weight is 365 g/mol. The van der Waals surface area contributed by atoms with Crippen LogP contribution in [0.3, 0.4) is 0 Å². The van der Waals surface area contributed by atoms with Gasteiger partial charge in [0.2, 0.25) is 5.91 Å². The Kier molecular flexibility index (Phi) is 4.74. The molecule has 4 rings (SSSR count). The van der Waals surface area contributed by atoms with E-state index in [0.29, 0.717) is 43.4 Å². The van der Waals surface area contributed by atoms with Gasteiger partial charge in [0.25, 0.3) is 5.91 Å². The number of furan rings is 1. The third-order valence-corrected chi connectivity index (χ3v) is 4.60. The van der Waals surface area contributed by atoms with Gasteiger partial charge in [0.05, 0.1) is 18.4 Å². The summed E-state index contributed by atoms with van der Waals surface area (Å²) in [6.07, 6.45) is 1.66. The van der Waals surface area contributed by atoms with E-state index in [4.69, 9.17) is 8.94 Å². The summed E-state index contributed by atoms with van der Waals surface area (Å²) < 4.78 is 10.5. The van der Waals surface area contributed by atoms with Gasteiger partial charge in [-0.15, -0.1) is 0 Å². The van der Waals surface area contributed by atoms with Gasteiger partial charge in [-0.3, -0.25) is 9.59 Å². The molecule has 3 heterocycles. The second-order valence-electron chi connectivity index (χ2n) is 6.38. The Morgan fingerprint density at radius 3 is 2.41 bits per heavy atom. The van der Waals surface area contributed by atoms with Crippen molar-refractivity contribution >= 4 is 11.8 Å². The molecule has 27 heavy (non-hydrogen) atoms. The van der Waals surface area contributed by atoms with Crippen LogP contribution in [0, 0.1) is 0 Å². The number of hydrogen-bond acceptors (Lipinski definition) is 5. The second-order valence-corrected chi connectivity index (χ2v) is 6.38. The van der Waals surface area contributed by atoms with Crippen molar-refractivity contribution in [1.29, 1.82) is 0 Å². The van der Waals surface area contributed by atoms with Crippen molar-refractivity contribution in [2.24, 2.45) is 0 Å². The quantitative estimate of drug-likeness (QED) is 0.710. The summed E-state index contributed by atoms with van der Waals surface area (Å²) in [5.41, 5.74) is 1.53. The SMILES string of the molecule is O=C(Cc1cc(-c2ccccc2)on1)N1CCN(C(=O)c2ccco2)CC1. The van der Waals surface area contributed by atoms with E-state index >= 15 is 0 Å². The maximum Gasteiger partial charge on any atom is 0.289 e. The summed E-state index contributed by atoms with van der Waals surface area (Å²) in [5.74, 6) is 0.808. The Hall–Kier alpha value is -3.35. The smallest absolute Gasteiger partial charge is 0.289 e. The van der Waals surface area contributed by atoms with Crippen LogP contribution < -0.4 is 0 Å². The van der Waals surface area contributed by atoms with Crippen LogP contribution in [-0.2, 0) is 11.2 Å². The standard InChI is InChI=1S/C20H19N3O4/c24-19(14-16-13-18(27-21-16)15-5-2-1-3-6-15)22-8-10-23(11-9-22)20(25)17-7-4-12-26-17/h1-7,12-13H,8-11,14H2. The highest BCUT2D eigenvalue weighted by Crippen LogP contribution is 2.20. The molecule has 0 spiro atoms. The third-order valence-electron chi connectivity index (χ3n) is 4.60. The molecule has 0 radical (unpaired) electrons. The topological polar surface area (TPSA) is 79.8 Å². The minimum Gasteiger partial charge on any atom is -0.459 e. The molecule has 2 amide bonds. The number of aromatic nitrogens is 1. The Labute approximate surface area is 156 Å². The van der Waals surface area contributed by atoms with Crippen molar-refractivity contribution in [1.82, 2.24) is 15.0 Å². The van der Waals surface area contributed by atoms with E-state index in [-0.39, 0.29) is 18.2 Å². The number of amides is 2. The Balaban J connectivity index is 1.32. The van der Waals surface area contributed by atoms with Crippen molar-refractivity contribution < 1.29 is 18.5 Å². The zero-order valence-electron chi connectivity index (χ0n) is 14.7. The van der Waals surface area contributed by atoms with Crippen LogP contribution in [0.4, 0.5) is 0 Å². The Morgan fingerprint density at radius 2 is 1.70 bits per heavy atom. The lowest BCUT2D eigenvalue weighted by molar-refractivity contribution is -0.132. The van der Waals surface area contributed by atoms with Gasteiger partial charge in [-0.25, -0.2) is 0 Å². The molecule has 3 aromatic rings. The normalized spacial score (nSPS) is 14.4. The maximum atomic E-state index is 12.5. The van der Waals surface area contributed by atoms with Crippen molar-refractivity contribution in [3.05, 3.63) is 66.2 Å². The predicted octanol–water partition coefficient (Wildman–Crippen LogP) is 2.46. The molecular weight excluding hydrogens is 346 g/mol. The predicted molar refractivity (Wildman–Crippen MR) is 96.8 cm³/mol. The molecule has 0 saturated carbocycles. The number of carbonyl (C=O) groups excluding carboxylic acids is 2. The monoisotopic (exact) mass is 365 g/mol. The average Bonchev–Trinajstić information content (AvgIpc) is 3.40. The van der Waals surface area contributed by atoms with Crippen LogP contribution in [0.25, 0.3) is 11.3 Å². The molecule has 0 bridgehead atoms. The van der Waals surface area contributed by atoms with Crippen molar-refractivity contribution in [2.45, 2.75) is 6.42 Å². The first-order valence-electron chi connectivity index (χ1n) is 8.82. The molecule has 1 saturated heterocycles. The number of piperazine rings is 1. The molecule has 1 fully saturated rings. The summed E-state index contributed by atoms with van der Waals surface area (Å²) in [4.78, 5) is 28.3. The van der Waals surface area contributed by atoms with E-state index in [1.165, 1.54) is 6.26 Å². The fraction of sp³-hybridized carbons (Fsp3) is 0.250. The van der Waals surface area contributed by atoms with E-state index in [1.54, 1.807) is 28.0 Å². The molecule has 7 nitrogen and oxygen atoms in total. The number of hydrogen-bond donors (Lipinski definition) is 0. The lowest BCUT2D eigenvalue weighted by atomic mass is 10.1. The zero-order valence-corrected chi connectivity index (χ0v) is 14.7. The highest BCUT2D eigenvalue weighted by atomic mass is 16.5. The van der Waals surface area contributed by atoms with Gasteiger partial charge in [-0.05, 0) is 12.1 Å². The van der Waals surface area contributed by atoms with Gasteiger partial charge in [0.15, 0.2) is 11.5 Å². The number of rotatable bonds is 4. The Bertz CT molecular complexity index is 910. The molecular formula is C20H19N3O4. The summed E-state index contributed by atoms with van der Waals surface area (Å²) in [5, 5.41) is 4.00. The summed E-state index contributed by atoms with van der Waals surface area (Å²) >= 11 is 0. The summed E-state index contributed by atoms with van der Waals surface area (Å²) in [7, 11) is 0. The molecule has 7 heteroatoms. The molecule has 138 valence electrons. The van der Waals surface area contributed by atoms with Crippen LogP contribution in [0.1, 0.15) is 16.2 Å². The summed E-state index contributed by atoms with van der Waals surface area (Å²) in [6.45, 7) is 1.96. The number of benzene rings is 1. The van der Waals surface area contributed by atoms with Crippen LogP contribution in [0.5, 0.6) is 0 Å². The Morgan fingerprint density at radius 1 is 0.963 bits per heavy atom. The van der Waals surface area contributed by atoms with Crippen LogP contribution >= 0.6 is 0 Å². The first kappa shape index (κ1) is 17.1. The minimum atomic E-state index is -0.142. The fourth-order valence-corrected chi connectivity index (χ4v) is 3.12. The van der Waals surface area contributed by atoms with Crippen LogP contribution in [0.15, 0.2) is 63.7 Å². The lowest BCUT2D eigenvalue weighted by Gasteiger charge is -2.34. The molecule has 0 atom stereocenters. The van der Waals surface area contributed by atoms with Gasteiger partial charge in [-0.1, -0.05) is 35.5 Å². The molecule has 0 unspecified atom stereocenters. The molecule has 2 aromatic heterocycles. The van der Waals surface area contributed by atoms with Gasteiger partial charge < -0.3 is 18.7 Å². The van der Waals surface area contributed by atoms with Crippen molar-refractivity contribution in [3.8, 4) is 11.3 Å². The van der Waals surface area contributed by atoms with Gasteiger partial charge in [0.1, 0.15) is 0 Å². The highest BCUT2D eigenvalue weighted by Gasteiger charge is 2.26. The third kappa shape index (κ3) is 3.76. The maximum absolute atomic E-state index is 12.5. The first-order valence-corrected chi connectivity index (χ1v) is 8.82. The fourth-order valence-electron chi connectivity index (χ4n) is 3.12. The van der Waals surface area contributed by atoms with Crippen LogP contribution in [0.2, 0.25) is 0 Å². The molecule has 0 N–H and O–H groups in total. The van der Waals surface area contributed by atoms with Gasteiger partial charge in [-0.2, -0.15) is 0 Å². The number of carbonyl (C=O) groups is 2. The minimum absolute atomic E-state index is 0.0204. The highest BCUT2D eigenvalue weighted by molar-refractivity contribution is 5.91.